The minimum Gasteiger partial charge on any atom is -0.296 e. The fraction of sp³-hybridized carbons (Fsp3) is 0.167. The summed E-state index contributed by atoms with van der Waals surface area (Å²) >= 11 is 0. The maximum Gasteiger partial charge on any atom is 0.416 e. The molecule has 0 saturated heterocycles. The third-order valence-electron chi connectivity index (χ3n) is 2.38. The predicted octanol–water partition coefficient (Wildman–Crippen LogP) is 2.76. The Morgan fingerprint density at radius 1 is 1.28 bits per heavy atom. The molecule has 0 aliphatic carbocycles. The molecular weight excluding hydrogens is 245 g/mol. The summed E-state index contributed by atoms with van der Waals surface area (Å²) in [6, 6.07) is 6.52. The van der Waals surface area contributed by atoms with Crippen LogP contribution in [0.5, 0.6) is 0 Å². The first-order chi connectivity index (χ1) is 8.49. The molecule has 0 fully saturated rings. The van der Waals surface area contributed by atoms with Gasteiger partial charge in [0.1, 0.15) is 5.69 Å². The van der Waals surface area contributed by atoms with Gasteiger partial charge in [0.2, 0.25) is 0 Å². The van der Waals surface area contributed by atoms with Gasteiger partial charge in [-0.3, -0.25) is 9.48 Å². The van der Waals surface area contributed by atoms with Gasteiger partial charge in [-0.2, -0.15) is 18.3 Å². The highest BCUT2D eigenvalue weighted by molar-refractivity contribution is 5.71. The molecule has 94 valence electrons. The zero-order chi connectivity index (χ0) is 13.2. The Kier molecular flexibility index (Phi) is 3.18. The number of hydrogen-bond acceptors (Lipinski definition) is 2. The van der Waals surface area contributed by atoms with E-state index in [1.54, 1.807) is 12.3 Å². The molecule has 0 bridgehead atoms. The number of aromatic nitrogens is 2. The minimum atomic E-state index is -4.35. The lowest BCUT2D eigenvalue weighted by Crippen LogP contribution is -2.07. The van der Waals surface area contributed by atoms with Crippen molar-refractivity contribution in [3.8, 4) is 0 Å². The quantitative estimate of drug-likeness (QED) is 0.789. The zero-order valence-electron chi connectivity index (χ0n) is 9.19. The number of benzene rings is 1. The Balaban J connectivity index is 2.21. The maximum absolute atomic E-state index is 12.5. The van der Waals surface area contributed by atoms with E-state index in [0.29, 0.717) is 11.8 Å². The number of carbonyl (C=O) groups excluding carboxylic acids is 1. The molecule has 0 atom stereocenters. The highest BCUT2D eigenvalue weighted by Crippen LogP contribution is 2.29. The molecule has 0 N–H and O–H groups in total. The van der Waals surface area contributed by atoms with Crippen molar-refractivity contribution in [1.29, 1.82) is 0 Å². The second-order valence-electron chi connectivity index (χ2n) is 3.75. The van der Waals surface area contributed by atoms with E-state index in [1.807, 2.05) is 0 Å². The molecular formula is C12H9F3N2O. The van der Waals surface area contributed by atoms with Gasteiger partial charge >= 0.3 is 6.18 Å². The van der Waals surface area contributed by atoms with Gasteiger partial charge < -0.3 is 0 Å². The monoisotopic (exact) mass is 254 g/mol. The lowest BCUT2D eigenvalue weighted by atomic mass is 10.1. The summed E-state index contributed by atoms with van der Waals surface area (Å²) in [6.45, 7) is 0.192. The fourth-order valence-corrected chi connectivity index (χ4v) is 1.56. The number of alkyl halides is 3. The average molecular weight is 254 g/mol. The molecule has 3 nitrogen and oxygen atoms in total. The van der Waals surface area contributed by atoms with Crippen molar-refractivity contribution in [3.63, 3.8) is 0 Å². The topological polar surface area (TPSA) is 34.9 Å². The molecule has 0 aliphatic rings. The van der Waals surface area contributed by atoms with Crippen LogP contribution >= 0.6 is 0 Å². The van der Waals surface area contributed by atoms with E-state index < -0.39 is 11.7 Å². The van der Waals surface area contributed by atoms with Crippen LogP contribution in [0.15, 0.2) is 36.5 Å². The summed E-state index contributed by atoms with van der Waals surface area (Å²) in [5.41, 5.74) is 0.0371. The molecule has 0 aliphatic heterocycles. The van der Waals surface area contributed by atoms with Crippen LogP contribution in [0.4, 0.5) is 13.2 Å². The molecule has 1 aromatic heterocycles. The van der Waals surface area contributed by atoms with Crippen LogP contribution < -0.4 is 0 Å². The number of rotatable bonds is 3. The van der Waals surface area contributed by atoms with E-state index in [9.17, 15) is 18.0 Å². The molecule has 2 rings (SSSR count). The van der Waals surface area contributed by atoms with Gasteiger partial charge in [-0.15, -0.1) is 0 Å². The lowest BCUT2D eigenvalue weighted by Gasteiger charge is -2.08. The summed E-state index contributed by atoms with van der Waals surface area (Å²) in [7, 11) is 0. The van der Waals surface area contributed by atoms with E-state index in [-0.39, 0.29) is 12.2 Å². The molecule has 2 aromatic rings. The van der Waals surface area contributed by atoms with Crippen LogP contribution in [0, 0.1) is 0 Å². The van der Waals surface area contributed by atoms with Crippen LogP contribution in [0.3, 0.4) is 0 Å². The third-order valence-corrected chi connectivity index (χ3v) is 2.38. The van der Waals surface area contributed by atoms with Gasteiger partial charge in [0.05, 0.1) is 12.1 Å². The first kappa shape index (κ1) is 12.3. The zero-order valence-corrected chi connectivity index (χ0v) is 9.19. The normalized spacial score (nSPS) is 11.5. The summed E-state index contributed by atoms with van der Waals surface area (Å²) in [5, 5.41) is 3.88. The van der Waals surface area contributed by atoms with Gasteiger partial charge in [0.15, 0.2) is 6.29 Å². The summed E-state index contributed by atoms with van der Waals surface area (Å²) in [6.07, 6.45) is -2.22. The van der Waals surface area contributed by atoms with Crippen molar-refractivity contribution in [3.05, 3.63) is 53.3 Å². The van der Waals surface area contributed by atoms with E-state index in [4.69, 9.17) is 0 Å². The van der Waals surface area contributed by atoms with Crippen LogP contribution in [0.25, 0.3) is 0 Å². The van der Waals surface area contributed by atoms with Gasteiger partial charge in [-0.1, -0.05) is 12.1 Å². The van der Waals surface area contributed by atoms with Crippen LogP contribution in [-0.4, -0.2) is 16.1 Å². The molecule has 0 spiro atoms. The van der Waals surface area contributed by atoms with Crippen LogP contribution in [0.2, 0.25) is 0 Å². The molecule has 1 heterocycles. The van der Waals surface area contributed by atoms with Crippen molar-refractivity contribution in [1.82, 2.24) is 9.78 Å². The Morgan fingerprint density at radius 3 is 2.67 bits per heavy atom. The Hall–Kier alpha value is -2.11. The molecule has 0 saturated carbocycles. The molecule has 18 heavy (non-hydrogen) atoms. The molecule has 1 aromatic carbocycles. The van der Waals surface area contributed by atoms with E-state index >= 15 is 0 Å². The second-order valence-corrected chi connectivity index (χ2v) is 3.75. The van der Waals surface area contributed by atoms with E-state index in [2.05, 4.69) is 5.10 Å². The Labute approximate surface area is 101 Å². The van der Waals surface area contributed by atoms with Gasteiger partial charge in [-0.25, -0.2) is 0 Å². The van der Waals surface area contributed by atoms with Crippen molar-refractivity contribution >= 4 is 6.29 Å². The first-order valence-electron chi connectivity index (χ1n) is 5.14. The van der Waals surface area contributed by atoms with Gasteiger partial charge in [0.25, 0.3) is 0 Å². The third kappa shape index (κ3) is 2.77. The smallest absolute Gasteiger partial charge is 0.296 e. The standard InChI is InChI=1S/C12H9F3N2O/c13-12(14,15)10-3-1-2-9(6-10)7-17-5-4-11(8-18)16-17/h1-6,8H,7H2. The van der Waals surface area contributed by atoms with Crippen molar-refractivity contribution in [2.45, 2.75) is 12.7 Å². The molecule has 0 radical (unpaired) electrons. The number of nitrogens with zero attached hydrogens (tertiary/aromatic N) is 2. The maximum atomic E-state index is 12.5. The fourth-order valence-electron chi connectivity index (χ4n) is 1.56. The van der Waals surface area contributed by atoms with E-state index in [0.717, 1.165) is 12.1 Å². The lowest BCUT2D eigenvalue weighted by molar-refractivity contribution is -0.137. The predicted molar refractivity (Wildman–Crippen MR) is 58.2 cm³/mol. The number of carbonyl (C=O) groups is 1. The Morgan fingerprint density at radius 2 is 2.06 bits per heavy atom. The van der Waals surface area contributed by atoms with Crippen molar-refractivity contribution in [2.24, 2.45) is 0 Å². The number of hydrogen-bond donors (Lipinski definition) is 0. The number of halogens is 3. The van der Waals surface area contributed by atoms with Crippen LogP contribution in [-0.2, 0) is 12.7 Å². The first-order valence-corrected chi connectivity index (χ1v) is 5.14. The highest BCUT2D eigenvalue weighted by atomic mass is 19.4. The highest BCUT2D eigenvalue weighted by Gasteiger charge is 2.30. The summed E-state index contributed by atoms with van der Waals surface area (Å²) in [4.78, 5) is 10.4. The summed E-state index contributed by atoms with van der Waals surface area (Å²) in [5.74, 6) is 0. The van der Waals surface area contributed by atoms with E-state index in [1.165, 1.54) is 16.8 Å². The van der Waals surface area contributed by atoms with Gasteiger partial charge in [-0.05, 0) is 23.8 Å². The average Bonchev–Trinajstić information content (AvgIpc) is 2.76. The Bertz CT molecular complexity index is 560. The molecule has 0 amide bonds. The summed E-state index contributed by atoms with van der Waals surface area (Å²) < 4.78 is 38.9. The number of aldehydes is 1. The molecule has 6 heteroatoms. The van der Waals surface area contributed by atoms with Crippen molar-refractivity contribution in [2.75, 3.05) is 0 Å². The SMILES string of the molecule is O=Cc1ccn(Cc2cccc(C(F)(F)F)c2)n1. The largest absolute Gasteiger partial charge is 0.416 e. The van der Waals surface area contributed by atoms with Gasteiger partial charge in [0, 0.05) is 6.20 Å². The van der Waals surface area contributed by atoms with Crippen molar-refractivity contribution < 1.29 is 18.0 Å². The molecule has 0 unspecified atom stereocenters. The second kappa shape index (κ2) is 4.64. The minimum absolute atomic E-state index is 0.192. The van der Waals surface area contributed by atoms with Crippen LogP contribution in [0.1, 0.15) is 21.6 Å².